The van der Waals surface area contributed by atoms with Crippen molar-refractivity contribution in [2.75, 3.05) is 27.7 Å². The van der Waals surface area contributed by atoms with Crippen LogP contribution in [0.2, 0.25) is 0 Å². The van der Waals surface area contributed by atoms with Crippen molar-refractivity contribution in [3.8, 4) is 0 Å². The molecule has 1 atom stereocenters. The van der Waals surface area contributed by atoms with Crippen molar-refractivity contribution < 1.29 is 4.79 Å². The summed E-state index contributed by atoms with van der Waals surface area (Å²) in [6, 6.07) is 0.0254. The van der Waals surface area contributed by atoms with Crippen LogP contribution >= 0.6 is 0 Å². The van der Waals surface area contributed by atoms with Crippen LogP contribution in [0.25, 0.3) is 0 Å². The second kappa shape index (κ2) is 5.27. The number of hydrogen-bond donors (Lipinski definition) is 1. The summed E-state index contributed by atoms with van der Waals surface area (Å²) in [6.07, 6.45) is 0.888. The van der Waals surface area contributed by atoms with Crippen molar-refractivity contribution in [2.45, 2.75) is 19.4 Å². The fraction of sp³-hybridized carbons (Fsp3) is 0.875. The fourth-order valence-corrected chi connectivity index (χ4v) is 0.938. The van der Waals surface area contributed by atoms with Crippen LogP contribution in [0.3, 0.4) is 0 Å². The van der Waals surface area contributed by atoms with Crippen molar-refractivity contribution in [1.82, 2.24) is 10.2 Å². The van der Waals surface area contributed by atoms with Crippen LogP contribution in [-0.4, -0.2) is 44.4 Å². The van der Waals surface area contributed by atoms with Crippen LogP contribution in [0.4, 0.5) is 0 Å². The first-order chi connectivity index (χ1) is 5.07. The van der Waals surface area contributed by atoms with Gasteiger partial charge in [0, 0.05) is 0 Å². The molecule has 0 aliphatic heterocycles. The lowest BCUT2D eigenvalue weighted by atomic mass is 10.1. The van der Waals surface area contributed by atoms with Gasteiger partial charge in [-0.2, -0.15) is 0 Å². The van der Waals surface area contributed by atoms with Crippen molar-refractivity contribution >= 4 is 5.78 Å². The summed E-state index contributed by atoms with van der Waals surface area (Å²) in [5.74, 6) is 0.217. The Bertz CT molecular complexity index is 123. The van der Waals surface area contributed by atoms with Crippen LogP contribution in [0.15, 0.2) is 0 Å². The molecule has 0 aliphatic rings. The van der Waals surface area contributed by atoms with Crippen LogP contribution in [-0.2, 0) is 4.79 Å². The van der Waals surface area contributed by atoms with Crippen LogP contribution in [0, 0.1) is 0 Å². The predicted octanol–water partition coefficient (Wildman–Crippen LogP) is 0.115. The molecule has 0 radical (unpaired) electrons. The molecule has 0 rings (SSSR count). The standard InChI is InChI=1S/C8H18N2O/c1-7(11)8(9-2)5-6-10(3)4/h8-9H,5-6H2,1-4H3/t8-/m0/s1. The first-order valence-corrected chi connectivity index (χ1v) is 3.90. The number of carbonyl (C=O) groups excluding carboxylic acids is 1. The Kier molecular flexibility index (Phi) is 5.07. The Morgan fingerprint density at radius 2 is 2.09 bits per heavy atom. The molecule has 0 saturated carbocycles. The van der Waals surface area contributed by atoms with Crippen molar-refractivity contribution in [3.63, 3.8) is 0 Å². The summed E-state index contributed by atoms with van der Waals surface area (Å²) in [6.45, 7) is 2.57. The molecule has 0 aliphatic carbocycles. The minimum absolute atomic E-state index is 0.0254. The van der Waals surface area contributed by atoms with Gasteiger partial charge in [-0.05, 0) is 41.0 Å². The Morgan fingerprint density at radius 3 is 2.36 bits per heavy atom. The SMILES string of the molecule is CN[C@@H](CCN(C)C)C(C)=O. The first-order valence-electron chi connectivity index (χ1n) is 3.90. The molecule has 66 valence electrons. The van der Waals surface area contributed by atoms with E-state index in [-0.39, 0.29) is 11.8 Å². The number of rotatable bonds is 5. The van der Waals surface area contributed by atoms with Gasteiger partial charge in [0.2, 0.25) is 0 Å². The molecule has 0 aromatic rings. The highest BCUT2D eigenvalue weighted by molar-refractivity contribution is 5.81. The molecule has 0 fully saturated rings. The summed E-state index contributed by atoms with van der Waals surface area (Å²) in [5.41, 5.74) is 0. The average molecular weight is 158 g/mol. The van der Waals surface area contributed by atoms with Crippen LogP contribution in [0.5, 0.6) is 0 Å². The second-order valence-electron chi connectivity index (χ2n) is 3.04. The van der Waals surface area contributed by atoms with E-state index in [4.69, 9.17) is 0 Å². The number of ketones is 1. The molecule has 0 heterocycles. The van der Waals surface area contributed by atoms with E-state index in [1.807, 2.05) is 21.1 Å². The summed E-state index contributed by atoms with van der Waals surface area (Å²) in [5, 5.41) is 2.98. The highest BCUT2D eigenvalue weighted by Gasteiger charge is 2.10. The molecule has 3 heteroatoms. The maximum absolute atomic E-state index is 10.9. The number of hydrogen-bond acceptors (Lipinski definition) is 3. The molecule has 0 saturated heterocycles. The maximum Gasteiger partial charge on any atom is 0.146 e. The van der Waals surface area contributed by atoms with E-state index >= 15 is 0 Å². The number of nitrogens with zero attached hydrogens (tertiary/aromatic N) is 1. The van der Waals surface area contributed by atoms with Gasteiger partial charge in [0.05, 0.1) is 6.04 Å². The van der Waals surface area contributed by atoms with E-state index in [0.29, 0.717) is 0 Å². The number of likely N-dealkylation sites (N-methyl/N-ethyl adjacent to an activating group) is 1. The Hall–Kier alpha value is -0.410. The average Bonchev–Trinajstić information content (AvgIpc) is 1.87. The molecule has 0 aromatic heterocycles. The third kappa shape index (κ3) is 4.93. The third-order valence-corrected chi connectivity index (χ3v) is 1.70. The van der Waals surface area contributed by atoms with Gasteiger partial charge in [0.15, 0.2) is 0 Å². The van der Waals surface area contributed by atoms with E-state index in [2.05, 4.69) is 10.2 Å². The number of nitrogens with one attached hydrogen (secondary N) is 1. The highest BCUT2D eigenvalue weighted by Crippen LogP contribution is 1.93. The minimum atomic E-state index is 0.0254. The minimum Gasteiger partial charge on any atom is -0.311 e. The van der Waals surface area contributed by atoms with E-state index in [1.165, 1.54) is 0 Å². The van der Waals surface area contributed by atoms with Gasteiger partial charge < -0.3 is 10.2 Å². The summed E-state index contributed by atoms with van der Waals surface area (Å²) >= 11 is 0. The molecule has 3 nitrogen and oxygen atoms in total. The Labute approximate surface area is 68.8 Å². The van der Waals surface area contributed by atoms with Crippen molar-refractivity contribution in [1.29, 1.82) is 0 Å². The van der Waals surface area contributed by atoms with Gasteiger partial charge in [-0.1, -0.05) is 0 Å². The zero-order valence-corrected chi connectivity index (χ0v) is 7.85. The highest BCUT2D eigenvalue weighted by atomic mass is 16.1. The largest absolute Gasteiger partial charge is 0.311 e. The topological polar surface area (TPSA) is 32.3 Å². The van der Waals surface area contributed by atoms with Crippen molar-refractivity contribution in [3.05, 3.63) is 0 Å². The quantitative estimate of drug-likeness (QED) is 0.616. The van der Waals surface area contributed by atoms with E-state index in [1.54, 1.807) is 6.92 Å². The lowest BCUT2D eigenvalue weighted by Gasteiger charge is -2.15. The Balaban J connectivity index is 3.61. The number of carbonyl (C=O) groups is 1. The summed E-state index contributed by atoms with van der Waals surface area (Å²) in [4.78, 5) is 13.0. The third-order valence-electron chi connectivity index (χ3n) is 1.70. The monoisotopic (exact) mass is 158 g/mol. The molecule has 0 amide bonds. The van der Waals surface area contributed by atoms with Gasteiger partial charge >= 0.3 is 0 Å². The van der Waals surface area contributed by atoms with Crippen LogP contribution < -0.4 is 5.32 Å². The van der Waals surface area contributed by atoms with Crippen LogP contribution in [0.1, 0.15) is 13.3 Å². The molecular weight excluding hydrogens is 140 g/mol. The normalized spacial score (nSPS) is 13.5. The molecule has 0 unspecified atom stereocenters. The van der Waals surface area contributed by atoms with Gasteiger partial charge in [-0.25, -0.2) is 0 Å². The smallest absolute Gasteiger partial charge is 0.146 e. The van der Waals surface area contributed by atoms with E-state index in [0.717, 1.165) is 13.0 Å². The summed E-state index contributed by atoms with van der Waals surface area (Å²) in [7, 11) is 5.83. The van der Waals surface area contributed by atoms with Gasteiger partial charge in [0.1, 0.15) is 5.78 Å². The second-order valence-corrected chi connectivity index (χ2v) is 3.04. The predicted molar refractivity (Wildman–Crippen MR) is 46.7 cm³/mol. The lowest BCUT2D eigenvalue weighted by Crippen LogP contribution is -2.35. The molecule has 0 bridgehead atoms. The lowest BCUT2D eigenvalue weighted by molar-refractivity contribution is -0.119. The molecule has 0 aromatic carbocycles. The Morgan fingerprint density at radius 1 is 1.55 bits per heavy atom. The van der Waals surface area contributed by atoms with Crippen molar-refractivity contribution in [2.24, 2.45) is 0 Å². The van der Waals surface area contributed by atoms with Gasteiger partial charge in [-0.3, -0.25) is 4.79 Å². The molecular formula is C8H18N2O. The number of Topliss-reactive ketones (excluding diaryl/α,β-unsaturated/α-hetero) is 1. The molecule has 1 N–H and O–H groups in total. The molecule has 0 spiro atoms. The van der Waals surface area contributed by atoms with E-state index < -0.39 is 0 Å². The maximum atomic E-state index is 10.9. The van der Waals surface area contributed by atoms with Gasteiger partial charge in [-0.15, -0.1) is 0 Å². The zero-order valence-electron chi connectivity index (χ0n) is 7.85. The zero-order chi connectivity index (χ0) is 8.85. The van der Waals surface area contributed by atoms with E-state index in [9.17, 15) is 4.79 Å². The van der Waals surface area contributed by atoms with Gasteiger partial charge in [0.25, 0.3) is 0 Å². The summed E-state index contributed by atoms with van der Waals surface area (Å²) < 4.78 is 0. The first kappa shape index (κ1) is 10.6. The fourth-order valence-electron chi connectivity index (χ4n) is 0.938. The molecule has 11 heavy (non-hydrogen) atoms.